The molecule has 0 aliphatic rings. The van der Waals surface area contributed by atoms with E-state index in [0.29, 0.717) is 13.0 Å². The second kappa shape index (κ2) is 9.05. The van der Waals surface area contributed by atoms with Crippen LogP contribution < -0.4 is 15.8 Å². The summed E-state index contributed by atoms with van der Waals surface area (Å²) in [6, 6.07) is 6.19. The lowest BCUT2D eigenvalue weighted by Crippen LogP contribution is -2.31. The largest absolute Gasteiger partial charge is 0.492 e. The van der Waals surface area contributed by atoms with E-state index in [4.69, 9.17) is 10.5 Å². The van der Waals surface area contributed by atoms with Crippen molar-refractivity contribution in [2.75, 3.05) is 6.61 Å². The van der Waals surface area contributed by atoms with E-state index in [1.807, 2.05) is 32.0 Å². The molecule has 0 aliphatic heterocycles. The Bertz CT molecular complexity index is 464. The molecule has 0 spiro atoms. The molecule has 1 unspecified atom stereocenters. The number of carbonyl (C=O) groups excluding carboxylic acids is 1. The van der Waals surface area contributed by atoms with Gasteiger partial charge in [-0.05, 0) is 54.2 Å². The highest BCUT2D eigenvalue weighted by atomic mass is 79.9. The molecule has 0 bridgehead atoms. The molecular weight excluding hydrogens is 332 g/mol. The Hall–Kier alpha value is -1.07. The van der Waals surface area contributed by atoms with Gasteiger partial charge in [0.2, 0.25) is 5.91 Å². The van der Waals surface area contributed by atoms with Gasteiger partial charge in [-0.15, -0.1) is 0 Å². The molecule has 118 valence electrons. The highest BCUT2D eigenvalue weighted by Gasteiger charge is 2.12. The second-order valence-corrected chi connectivity index (χ2v) is 6.28. The van der Waals surface area contributed by atoms with Crippen molar-refractivity contribution in [1.29, 1.82) is 0 Å². The molecule has 21 heavy (non-hydrogen) atoms. The van der Waals surface area contributed by atoms with Crippen LogP contribution in [0.5, 0.6) is 5.75 Å². The van der Waals surface area contributed by atoms with E-state index in [1.165, 1.54) is 0 Å². The van der Waals surface area contributed by atoms with Crippen molar-refractivity contribution in [3.05, 3.63) is 28.2 Å². The first-order valence-electron chi connectivity index (χ1n) is 7.39. The second-order valence-electron chi connectivity index (χ2n) is 5.42. The molecule has 0 saturated heterocycles. The maximum atomic E-state index is 11.6. The number of hydrogen-bond acceptors (Lipinski definition) is 3. The molecule has 0 radical (unpaired) electrons. The van der Waals surface area contributed by atoms with Crippen molar-refractivity contribution in [2.45, 2.75) is 52.1 Å². The fourth-order valence-electron chi connectivity index (χ4n) is 1.94. The van der Waals surface area contributed by atoms with E-state index >= 15 is 0 Å². The summed E-state index contributed by atoms with van der Waals surface area (Å²) in [4.78, 5) is 11.6. The van der Waals surface area contributed by atoms with Gasteiger partial charge in [0.15, 0.2) is 0 Å². The van der Waals surface area contributed by atoms with Crippen LogP contribution in [-0.4, -0.2) is 24.6 Å². The molecular formula is C16H25BrN2O2. The Kier molecular flexibility index (Phi) is 7.75. The van der Waals surface area contributed by atoms with Gasteiger partial charge in [-0.3, -0.25) is 4.79 Å². The number of nitrogens with one attached hydrogen (secondary N) is 1. The van der Waals surface area contributed by atoms with E-state index in [1.54, 1.807) is 0 Å². The summed E-state index contributed by atoms with van der Waals surface area (Å²) in [7, 11) is 0. The van der Waals surface area contributed by atoms with Gasteiger partial charge in [-0.25, -0.2) is 0 Å². The molecule has 1 amide bonds. The summed E-state index contributed by atoms with van der Waals surface area (Å²) < 4.78 is 6.70. The van der Waals surface area contributed by atoms with Crippen molar-refractivity contribution in [3.63, 3.8) is 0 Å². The quantitative estimate of drug-likeness (QED) is 0.752. The third-order valence-electron chi connectivity index (χ3n) is 3.08. The zero-order chi connectivity index (χ0) is 15.8. The van der Waals surface area contributed by atoms with Gasteiger partial charge in [-0.2, -0.15) is 0 Å². The number of rotatable bonds is 8. The maximum Gasteiger partial charge on any atom is 0.223 e. The van der Waals surface area contributed by atoms with Gasteiger partial charge in [0, 0.05) is 12.1 Å². The average Bonchev–Trinajstić information content (AvgIpc) is 2.40. The fraction of sp³-hybridized carbons (Fsp3) is 0.562. The van der Waals surface area contributed by atoms with Crippen LogP contribution in [0.4, 0.5) is 0 Å². The lowest BCUT2D eigenvalue weighted by Gasteiger charge is -2.16. The van der Waals surface area contributed by atoms with E-state index in [0.717, 1.165) is 28.6 Å². The van der Waals surface area contributed by atoms with Gasteiger partial charge in [0.25, 0.3) is 0 Å². The van der Waals surface area contributed by atoms with E-state index in [9.17, 15) is 4.79 Å². The Morgan fingerprint density at radius 3 is 2.76 bits per heavy atom. The first-order chi connectivity index (χ1) is 9.93. The molecule has 0 aromatic heterocycles. The normalized spacial score (nSPS) is 12.3. The lowest BCUT2D eigenvalue weighted by atomic mass is 10.0. The van der Waals surface area contributed by atoms with Gasteiger partial charge < -0.3 is 15.8 Å². The van der Waals surface area contributed by atoms with Crippen LogP contribution in [0.25, 0.3) is 0 Å². The molecule has 3 N–H and O–H groups in total. The van der Waals surface area contributed by atoms with E-state index in [2.05, 4.69) is 28.2 Å². The summed E-state index contributed by atoms with van der Waals surface area (Å²) in [6.45, 7) is 6.31. The minimum Gasteiger partial charge on any atom is -0.492 e. The summed E-state index contributed by atoms with van der Waals surface area (Å²) in [5, 5.41) is 2.85. The molecule has 5 heteroatoms. The summed E-state index contributed by atoms with van der Waals surface area (Å²) >= 11 is 3.50. The Morgan fingerprint density at radius 1 is 1.43 bits per heavy atom. The SMILES string of the molecule is CCC(N)Cc1cccc(Br)c1OCCC(=O)NC(C)C. The minimum absolute atomic E-state index is 0.00358. The number of ether oxygens (including phenoxy) is 1. The molecule has 1 aromatic rings. The Balaban J connectivity index is 2.63. The van der Waals surface area contributed by atoms with Crippen molar-refractivity contribution in [1.82, 2.24) is 5.32 Å². The molecule has 1 aromatic carbocycles. The summed E-state index contributed by atoms with van der Waals surface area (Å²) in [5.74, 6) is 0.794. The summed E-state index contributed by atoms with van der Waals surface area (Å²) in [5.41, 5.74) is 7.09. The van der Waals surface area contributed by atoms with Crippen molar-refractivity contribution in [2.24, 2.45) is 5.73 Å². The van der Waals surface area contributed by atoms with Crippen molar-refractivity contribution < 1.29 is 9.53 Å². The van der Waals surface area contributed by atoms with Gasteiger partial charge in [-0.1, -0.05) is 19.1 Å². The molecule has 1 atom stereocenters. The molecule has 1 rings (SSSR count). The van der Waals surface area contributed by atoms with E-state index < -0.39 is 0 Å². The van der Waals surface area contributed by atoms with Crippen LogP contribution >= 0.6 is 15.9 Å². The van der Waals surface area contributed by atoms with Crippen LogP contribution in [0.3, 0.4) is 0 Å². The zero-order valence-electron chi connectivity index (χ0n) is 13.0. The summed E-state index contributed by atoms with van der Waals surface area (Å²) in [6.07, 6.45) is 2.03. The van der Waals surface area contributed by atoms with Gasteiger partial charge in [0.05, 0.1) is 17.5 Å². The topological polar surface area (TPSA) is 64.3 Å². The van der Waals surface area contributed by atoms with Crippen LogP contribution in [0, 0.1) is 0 Å². The smallest absolute Gasteiger partial charge is 0.223 e. The number of nitrogens with two attached hydrogens (primary N) is 1. The molecule has 4 nitrogen and oxygen atoms in total. The standard InChI is InChI=1S/C16H25BrN2O2/c1-4-13(18)10-12-6-5-7-14(17)16(12)21-9-8-15(20)19-11(2)3/h5-7,11,13H,4,8-10,18H2,1-3H3,(H,19,20). The highest BCUT2D eigenvalue weighted by Crippen LogP contribution is 2.30. The number of halogens is 1. The maximum absolute atomic E-state index is 11.6. The lowest BCUT2D eigenvalue weighted by molar-refractivity contribution is -0.122. The third-order valence-corrected chi connectivity index (χ3v) is 3.70. The number of amides is 1. The van der Waals surface area contributed by atoms with Crippen molar-refractivity contribution >= 4 is 21.8 Å². The minimum atomic E-state index is 0.00358. The van der Waals surface area contributed by atoms with E-state index in [-0.39, 0.29) is 18.0 Å². The highest BCUT2D eigenvalue weighted by molar-refractivity contribution is 9.10. The number of hydrogen-bond donors (Lipinski definition) is 2. The van der Waals surface area contributed by atoms with Gasteiger partial charge >= 0.3 is 0 Å². The average molecular weight is 357 g/mol. The van der Waals surface area contributed by atoms with Crippen LogP contribution in [0.15, 0.2) is 22.7 Å². The molecule has 0 fully saturated rings. The van der Waals surface area contributed by atoms with Crippen LogP contribution in [-0.2, 0) is 11.2 Å². The Morgan fingerprint density at radius 2 is 2.14 bits per heavy atom. The van der Waals surface area contributed by atoms with Crippen LogP contribution in [0.2, 0.25) is 0 Å². The molecule has 0 heterocycles. The molecule has 0 saturated carbocycles. The molecule has 0 aliphatic carbocycles. The number of para-hydroxylation sites is 1. The predicted octanol–water partition coefficient (Wildman–Crippen LogP) is 3.02. The Labute approximate surface area is 135 Å². The number of carbonyl (C=O) groups is 1. The fourth-order valence-corrected chi connectivity index (χ4v) is 2.46. The monoisotopic (exact) mass is 356 g/mol. The zero-order valence-corrected chi connectivity index (χ0v) is 14.6. The van der Waals surface area contributed by atoms with Crippen molar-refractivity contribution in [3.8, 4) is 5.75 Å². The predicted molar refractivity (Wildman–Crippen MR) is 89.5 cm³/mol. The first kappa shape index (κ1) is 18.0. The van der Waals surface area contributed by atoms with Crippen LogP contribution in [0.1, 0.15) is 39.2 Å². The number of benzene rings is 1. The third kappa shape index (κ3) is 6.48. The van der Waals surface area contributed by atoms with Gasteiger partial charge in [0.1, 0.15) is 5.75 Å². The first-order valence-corrected chi connectivity index (χ1v) is 8.18.